The van der Waals surface area contributed by atoms with Crippen LogP contribution in [0.25, 0.3) is 10.3 Å². The SMILES string of the molecule is CC(CO)Nc1nc(SCc2ccccc2)nc2nc(NCCc3cnc[nH]3)sc12. The van der Waals surface area contributed by atoms with Gasteiger partial charge in [0.1, 0.15) is 4.70 Å². The van der Waals surface area contributed by atoms with E-state index in [4.69, 9.17) is 4.98 Å². The molecule has 3 heterocycles. The lowest BCUT2D eigenvalue weighted by Gasteiger charge is -2.12. The molecule has 0 aliphatic heterocycles. The maximum absolute atomic E-state index is 9.46. The van der Waals surface area contributed by atoms with Gasteiger partial charge in [-0.3, -0.25) is 0 Å². The van der Waals surface area contributed by atoms with Crippen molar-refractivity contribution in [2.75, 3.05) is 23.8 Å². The van der Waals surface area contributed by atoms with Crippen molar-refractivity contribution >= 4 is 44.4 Å². The number of aliphatic hydroxyl groups excluding tert-OH is 1. The molecule has 1 aromatic carbocycles. The van der Waals surface area contributed by atoms with E-state index in [1.165, 1.54) is 16.9 Å². The van der Waals surface area contributed by atoms with E-state index in [1.54, 1.807) is 18.1 Å². The van der Waals surface area contributed by atoms with E-state index in [9.17, 15) is 5.11 Å². The van der Waals surface area contributed by atoms with E-state index in [0.29, 0.717) is 16.6 Å². The van der Waals surface area contributed by atoms with E-state index in [0.717, 1.165) is 34.2 Å². The minimum atomic E-state index is -0.117. The van der Waals surface area contributed by atoms with Crippen molar-refractivity contribution in [2.24, 2.45) is 0 Å². The van der Waals surface area contributed by atoms with Crippen molar-refractivity contribution in [3.8, 4) is 0 Å². The van der Waals surface area contributed by atoms with Crippen LogP contribution in [0, 0.1) is 0 Å². The third-order valence-electron chi connectivity index (χ3n) is 4.33. The Hall–Kier alpha value is -2.69. The molecule has 0 amide bonds. The van der Waals surface area contributed by atoms with Gasteiger partial charge in [0, 0.05) is 36.7 Å². The fraction of sp³-hybridized carbons (Fsp3) is 0.300. The third kappa shape index (κ3) is 5.26. The lowest BCUT2D eigenvalue weighted by Crippen LogP contribution is -2.20. The Bertz CT molecular complexity index is 1070. The van der Waals surface area contributed by atoms with Gasteiger partial charge in [-0.2, -0.15) is 4.98 Å². The Morgan fingerprint density at radius 3 is 2.83 bits per heavy atom. The zero-order valence-electron chi connectivity index (χ0n) is 16.5. The Morgan fingerprint density at radius 2 is 2.07 bits per heavy atom. The number of hydrogen-bond donors (Lipinski definition) is 4. The fourth-order valence-corrected chi connectivity index (χ4v) is 4.45. The predicted molar refractivity (Wildman–Crippen MR) is 122 cm³/mol. The second-order valence-corrected chi connectivity index (χ2v) is 8.72. The summed E-state index contributed by atoms with van der Waals surface area (Å²) in [5, 5.41) is 17.5. The molecule has 0 saturated carbocycles. The number of anilines is 2. The summed E-state index contributed by atoms with van der Waals surface area (Å²) < 4.78 is 0.878. The fourth-order valence-electron chi connectivity index (χ4n) is 2.77. The van der Waals surface area contributed by atoms with Crippen LogP contribution in [0.1, 0.15) is 18.2 Å². The summed E-state index contributed by atoms with van der Waals surface area (Å²) >= 11 is 3.08. The summed E-state index contributed by atoms with van der Waals surface area (Å²) in [6.45, 7) is 2.67. The summed E-state index contributed by atoms with van der Waals surface area (Å²) in [6, 6.07) is 10.1. The largest absolute Gasteiger partial charge is 0.394 e. The standard InChI is InChI=1S/C20H23N7OS2/c1-13(10-28)24-17-16-18(25-19(30-16)22-8-7-15-9-21-12-23-15)27-20(26-17)29-11-14-5-3-2-4-6-14/h2-6,9,12-13,28H,7-8,10-11H2,1H3,(H,21,23)(H2,22,24,25,26,27). The first-order valence-electron chi connectivity index (χ1n) is 9.65. The van der Waals surface area contributed by atoms with Crippen LogP contribution in [0.3, 0.4) is 0 Å². The Kier molecular flexibility index (Phi) is 6.77. The van der Waals surface area contributed by atoms with Crippen molar-refractivity contribution in [3.05, 3.63) is 54.1 Å². The van der Waals surface area contributed by atoms with Gasteiger partial charge in [0.25, 0.3) is 0 Å². The molecule has 0 spiro atoms. The number of imidazole rings is 1. The number of H-pyrrole nitrogens is 1. The Labute approximate surface area is 182 Å². The molecule has 0 saturated heterocycles. The monoisotopic (exact) mass is 441 g/mol. The normalized spacial score (nSPS) is 12.2. The quantitative estimate of drug-likeness (QED) is 0.218. The zero-order chi connectivity index (χ0) is 20.8. The summed E-state index contributed by atoms with van der Waals surface area (Å²) in [5.41, 5.74) is 2.94. The number of nitrogens with one attached hydrogen (secondary N) is 3. The second-order valence-electron chi connectivity index (χ2n) is 6.78. The van der Waals surface area contributed by atoms with Crippen molar-refractivity contribution in [1.82, 2.24) is 24.9 Å². The number of fused-ring (bicyclic) bond motifs is 1. The van der Waals surface area contributed by atoms with Crippen LogP contribution >= 0.6 is 23.1 Å². The van der Waals surface area contributed by atoms with Gasteiger partial charge in [-0.15, -0.1) is 0 Å². The highest BCUT2D eigenvalue weighted by atomic mass is 32.2. The number of hydrogen-bond acceptors (Lipinski definition) is 9. The summed E-state index contributed by atoms with van der Waals surface area (Å²) in [5.74, 6) is 1.48. The van der Waals surface area contributed by atoms with Gasteiger partial charge < -0.3 is 20.7 Å². The van der Waals surface area contributed by atoms with E-state index < -0.39 is 0 Å². The van der Waals surface area contributed by atoms with Gasteiger partial charge in [0.2, 0.25) is 0 Å². The molecular formula is C20H23N7OS2. The number of aromatic nitrogens is 5. The van der Waals surface area contributed by atoms with Crippen molar-refractivity contribution in [3.63, 3.8) is 0 Å². The third-order valence-corrected chi connectivity index (χ3v) is 6.25. The number of thioether (sulfide) groups is 1. The van der Waals surface area contributed by atoms with Crippen molar-refractivity contribution in [1.29, 1.82) is 0 Å². The maximum Gasteiger partial charge on any atom is 0.191 e. The second kappa shape index (κ2) is 9.88. The molecule has 0 aliphatic carbocycles. The molecular weight excluding hydrogens is 418 g/mol. The van der Waals surface area contributed by atoms with Crippen molar-refractivity contribution < 1.29 is 5.11 Å². The van der Waals surface area contributed by atoms with Crippen LogP contribution in [0.5, 0.6) is 0 Å². The first-order chi connectivity index (χ1) is 14.7. The minimum Gasteiger partial charge on any atom is -0.394 e. The van der Waals surface area contributed by atoms with Gasteiger partial charge in [-0.25, -0.2) is 15.0 Å². The molecule has 8 nitrogen and oxygen atoms in total. The van der Waals surface area contributed by atoms with E-state index >= 15 is 0 Å². The molecule has 4 aromatic rings. The van der Waals surface area contributed by atoms with Crippen LogP contribution in [0.4, 0.5) is 10.9 Å². The Morgan fingerprint density at radius 1 is 1.20 bits per heavy atom. The molecule has 3 aromatic heterocycles. The number of aromatic amines is 1. The molecule has 0 bridgehead atoms. The van der Waals surface area contributed by atoms with Crippen LogP contribution < -0.4 is 10.6 Å². The lowest BCUT2D eigenvalue weighted by molar-refractivity contribution is 0.281. The first kappa shape index (κ1) is 20.6. The smallest absolute Gasteiger partial charge is 0.191 e. The molecule has 156 valence electrons. The van der Waals surface area contributed by atoms with Crippen molar-refractivity contribution in [2.45, 2.75) is 30.3 Å². The first-order valence-corrected chi connectivity index (χ1v) is 11.5. The van der Waals surface area contributed by atoms with E-state index in [-0.39, 0.29) is 12.6 Å². The van der Waals surface area contributed by atoms with E-state index in [1.807, 2.05) is 31.3 Å². The summed E-state index contributed by atoms with van der Waals surface area (Å²) in [6.07, 6.45) is 4.32. The molecule has 0 fully saturated rings. The van der Waals surface area contributed by atoms with Crippen LogP contribution in [-0.4, -0.2) is 49.2 Å². The average molecular weight is 442 g/mol. The highest BCUT2D eigenvalue weighted by Crippen LogP contribution is 2.33. The molecule has 4 N–H and O–H groups in total. The summed E-state index contributed by atoms with van der Waals surface area (Å²) in [4.78, 5) is 21.1. The summed E-state index contributed by atoms with van der Waals surface area (Å²) in [7, 11) is 0. The zero-order valence-corrected chi connectivity index (χ0v) is 18.1. The molecule has 1 unspecified atom stereocenters. The highest BCUT2D eigenvalue weighted by molar-refractivity contribution is 7.98. The number of rotatable bonds is 10. The highest BCUT2D eigenvalue weighted by Gasteiger charge is 2.15. The topological polar surface area (TPSA) is 112 Å². The van der Waals surface area contributed by atoms with Gasteiger partial charge in [-0.05, 0) is 12.5 Å². The van der Waals surface area contributed by atoms with Gasteiger partial charge in [0.05, 0.1) is 12.9 Å². The van der Waals surface area contributed by atoms with Gasteiger partial charge in [-0.1, -0.05) is 53.4 Å². The van der Waals surface area contributed by atoms with Crippen LogP contribution in [0.15, 0.2) is 48.0 Å². The molecule has 1 atom stereocenters. The van der Waals surface area contributed by atoms with Crippen LogP contribution in [-0.2, 0) is 12.2 Å². The Balaban J connectivity index is 1.53. The van der Waals surface area contributed by atoms with Crippen LogP contribution in [0.2, 0.25) is 0 Å². The molecule has 30 heavy (non-hydrogen) atoms. The molecule has 10 heteroatoms. The molecule has 4 rings (SSSR count). The lowest BCUT2D eigenvalue weighted by atomic mass is 10.2. The number of benzene rings is 1. The van der Waals surface area contributed by atoms with E-state index in [2.05, 4.69) is 42.7 Å². The maximum atomic E-state index is 9.46. The van der Waals surface area contributed by atoms with Gasteiger partial charge >= 0.3 is 0 Å². The number of aliphatic hydroxyl groups is 1. The average Bonchev–Trinajstić information content (AvgIpc) is 3.43. The predicted octanol–water partition coefficient (Wildman–Crippen LogP) is 3.55. The van der Waals surface area contributed by atoms with Gasteiger partial charge in [0.15, 0.2) is 21.8 Å². The minimum absolute atomic E-state index is 0.0199. The molecule has 0 aliphatic rings. The number of nitrogens with zero attached hydrogens (tertiary/aromatic N) is 4. The molecule has 0 radical (unpaired) electrons. The number of thiazole rings is 1.